The minimum atomic E-state index is -0.477. The summed E-state index contributed by atoms with van der Waals surface area (Å²) < 4.78 is 11.8. The molecule has 0 radical (unpaired) electrons. The monoisotopic (exact) mass is 429 g/mol. The van der Waals surface area contributed by atoms with Crippen LogP contribution >= 0.6 is 11.3 Å². The van der Waals surface area contributed by atoms with Crippen LogP contribution in [0.25, 0.3) is 10.2 Å². The Hall–Kier alpha value is -3.20. The summed E-state index contributed by atoms with van der Waals surface area (Å²) in [6, 6.07) is 7.64. The predicted molar refractivity (Wildman–Crippen MR) is 114 cm³/mol. The first-order valence-electron chi connectivity index (χ1n) is 9.52. The Morgan fingerprint density at radius 3 is 2.80 bits per heavy atom. The van der Waals surface area contributed by atoms with E-state index in [-0.39, 0.29) is 24.6 Å². The summed E-state index contributed by atoms with van der Waals surface area (Å²) in [6.07, 6.45) is 1.32. The summed E-state index contributed by atoms with van der Waals surface area (Å²) in [5, 5.41) is 3.06. The minimum absolute atomic E-state index is 0.170. The van der Waals surface area contributed by atoms with Crippen LogP contribution in [0.3, 0.4) is 0 Å². The molecule has 1 N–H and O–H groups in total. The highest BCUT2D eigenvalue weighted by Crippen LogP contribution is 2.27. The number of amides is 1. The van der Waals surface area contributed by atoms with Gasteiger partial charge in [0.1, 0.15) is 28.6 Å². The van der Waals surface area contributed by atoms with Gasteiger partial charge in [-0.05, 0) is 44.0 Å². The maximum Gasteiger partial charge on any atom is 0.348 e. The Balaban J connectivity index is 1.63. The van der Waals surface area contributed by atoms with Crippen molar-refractivity contribution in [1.29, 1.82) is 0 Å². The van der Waals surface area contributed by atoms with Crippen molar-refractivity contribution >= 4 is 33.4 Å². The fraction of sp³-hybridized carbons (Fsp3) is 0.333. The van der Waals surface area contributed by atoms with Crippen molar-refractivity contribution in [2.24, 2.45) is 0 Å². The molecule has 9 heteroatoms. The molecule has 3 rings (SSSR count). The maximum absolute atomic E-state index is 12.8. The molecule has 1 aromatic carbocycles. The molecule has 30 heavy (non-hydrogen) atoms. The summed E-state index contributed by atoms with van der Waals surface area (Å²) in [5.74, 6) is -0.0691. The lowest BCUT2D eigenvalue weighted by atomic mass is 10.2. The zero-order chi connectivity index (χ0) is 21.7. The number of nitrogens with one attached hydrogen (secondary N) is 1. The first kappa shape index (κ1) is 21.5. The number of thiophene rings is 1. The van der Waals surface area contributed by atoms with E-state index in [2.05, 4.69) is 10.3 Å². The molecule has 2 heterocycles. The van der Waals surface area contributed by atoms with Crippen molar-refractivity contribution in [3.05, 3.63) is 57.0 Å². The van der Waals surface area contributed by atoms with E-state index >= 15 is 0 Å². The summed E-state index contributed by atoms with van der Waals surface area (Å²) >= 11 is 1.11. The van der Waals surface area contributed by atoms with Crippen molar-refractivity contribution in [2.75, 3.05) is 19.8 Å². The van der Waals surface area contributed by atoms with Gasteiger partial charge in [0.2, 0.25) is 5.91 Å². The second-order valence-electron chi connectivity index (χ2n) is 6.65. The topological polar surface area (TPSA) is 99.5 Å². The molecule has 158 valence electrons. The number of fused-ring (bicyclic) bond motifs is 1. The highest BCUT2D eigenvalue weighted by Gasteiger charge is 2.20. The Labute approximate surface area is 177 Å². The Morgan fingerprint density at radius 2 is 2.07 bits per heavy atom. The molecule has 0 unspecified atom stereocenters. The summed E-state index contributed by atoms with van der Waals surface area (Å²) in [4.78, 5) is 42.1. The number of esters is 1. The third-order valence-electron chi connectivity index (χ3n) is 4.37. The van der Waals surface area contributed by atoms with Crippen molar-refractivity contribution in [1.82, 2.24) is 14.9 Å². The molecule has 0 bridgehead atoms. The predicted octanol–water partition coefficient (Wildman–Crippen LogP) is 2.45. The van der Waals surface area contributed by atoms with Crippen LogP contribution in [-0.4, -0.2) is 41.2 Å². The second kappa shape index (κ2) is 9.53. The molecule has 2 aromatic heterocycles. The van der Waals surface area contributed by atoms with Crippen LogP contribution in [0.2, 0.25) is 0 Å². The molecule has 0 saturated heterocycles. The molecule has 3 aromatic rings. The quantitative estimate of drug-likeness (QED) is 0.436. The molecule has 0 spiro atoms. The lowest BCUT2D eigenvalue weighted by Crippen LogP contribution is -2.34. The molecular formula is C21H23N3O5S. The van der Waals surface area contributed by atoms with E-state index in [0.717, 1.165) is 22.6 Å². The fourth-order valence-corrected chi connectivity index (χ4v) is 3.97. The maximum atomic E-state index is 12.8. The van der Waals surface area contributed by atoms with Crippen LogP contribution in [0, 0.1) is 13.8 Å². The number of aryl methyl sites for hydroxylation is 2. The first-order valence-corrected chi connectivity index (χ1v) is 10.3. The number of carbonyl (C=O) groups excluding carboxylic acids is 2. The Morgan fingerprint density at radius 1 is 1.27 bits per heavy atom. The van der Waals surface area contributed by atoms with Gasteiger partial charge in [-0.3, -0.25) is 14.2 Å². The molecule has 8 nitrogen and oxygen atoms in total. The van der Waals surface area contributed by atoms with Crippen molar-refractivity contribution in [2.45, 2.75) is 27.3 Å². The van der Waals surface area contributed by atoms with Gasteiger partial charge in [-0.1, -0.05) is 12.1 Å². The number of ether oxygens (including phenoxy) is 2. The van der Waals surface area contributed by atoms with Crippen molar-refractivity contribution < 1.29 is 19.1 Å². The number of aromatic nitrogens is 2. The van der Waals surface area contributed by atoms with Gasteiger partial charge in [-0.15, -0.1) is 11.3 Å². The largest absolute Gasteiger partial charge is 0.492 e. The molecular weight excluding hydrogens is 406 g/mol. The smallest absolute Gasteiger partial charge is 0.348 e. The first-order chi connectivity index (χ1) is 14.4. The van der Waals surface area contributed by atoms with E-state index < -0.39 is 5.97 Å². The normalized spacial score (nSPS) is 10.8. The highest BCUT2D eigenvalue weighted by atomic mass is 32.1. The van der Waals surface area contributed by atoms with Gasteiger partial charge in [0, 0.05) is 0 Å². The standard InChI is InChI=1S/C21H23N3O5S/c1-4-28-21(27)18-14(3)17-19(30-18)23-12-24(20(17)26)11-16(25)22-8-9-29-15-7-5-6-13(2)10-15/h5-7,10,12H,4,8-9,11H2,1-3H3,(H,22,25). The zero-order valence-corrected chi connectivity index (χ0v) is 17.9. The number of carbonyl (C=O) groups is 2. The second-order valence-corrected chi connectivity index (χ2v) is 7.65. The summed E-state index contributed by atoms with van der Waals surface area (Å²) in [5.41, 5.74) is 1.25. The van der Waals surface area contributed by atoms with Crippen molar-refractivity contribution in [3.63, 3.8) is 0 Å². The van der Waals surface area contributed by atoms with Gasteiger partial charge in [0.05, 0.1) is 24.9 Å². The molecule has 0 atom stereocenters. The van der Waals surface area contributed by atoms with Crippen LogP contribution in [-0.2, 0) is 16.1 Å². The third kappa shape index (κ3) is 4.85. The van der Waals surface area contributed by atoms with Gasteiger partial charge in [-0.25, -0.2) is 9.78 Å². The van der Waals surface area contributed by atoms with E-state index in [1.165, 1.54) is 10.9 Å². The highest BCUT2D eigenvalue weighted by molar-refractivity contribution is 7.20. The van der Waals surface area contributed by atoms with Crippen LogP contribution in [0.1, 0.15) is 27.7 Å². The van der Waals surface area contributed by atoms with E-state index in [1.807, 2.05) is 31.2 Å². The number of nitrogens with zero attached hydrogens (tertiary/aromatic N) is 2. The lowest BCUT2D eigenvalue weighted by molar-refractivity contribution is -0.121. The Bertz CT molecular complexity index is 1140. The third-order valence-corrected chi connectivity index (χ3v) is 5.55. The summed E-state index contributed by atoms with van der Waals surface area (Å²) in [6.45, 7) is 6.07. The number of benzene rings is 1. The van der Waals surface area contributed by atoms with E-state index in [4.69, 9.17) is 9.47 Å². The van der Waals surface area contributed by atoms with Crippen LogP contribution in [0.15, 0.2) is 35.4 Å². The van der Waals surface area contributed by atoms with Gasteiger partial charge in [-0.2, -0.15) is 0 Å². The fourth-order valence-electron chi connectivity index (χ4n) is 2.94. The minimum Gasteiger partial charge on any atom is -0.492 e. The van der Waals surface area contributed by atoms with Gasteiger partial charge in [0.25, 0.3) is 5.56 Å². The number of hydrogen-bond donors (Lipinski definition) is 1. The van der Waals surface area contributed by atoms with Crippen LogP contribution in [0.4, 0.5) is 0 Å². The van der Waals surface area contributed by atoms with Crippen LogP contribution < -0.4 is 15.6 Å². The number of hydrogen-bond acceptors (Lipinski definition) is 7. The van der Waals surface area contributed by atoms with Crippen LogP contribution in [0.5, 0.6) is 5.75 Å². The SMILES string of the molecule is CCOC(=O)c1sc2ncn(CC(=O)NCCOc3cccc(C)c3)c(=O)c2c1C. The van der Waals surface area contributed by atoms with Gasteiger partial charge >= 0.3 is 5.97 Å². The Kier molecular flexibility index (Phi) is 6.83. The molecule has 0 aliphatic heterocycles. The van der Waals surface area contributed by atoms with Gasteiger partial charge in [0.15, 0.2) is 0 Å². The van der Waals surface area contributed by atoms with Gasteiger partial charge < -0.3 is 14.8 Å². The number of rotatable bonds is 8. The molecule has 0 fully saturated rings. The summed E-state index contributed by atoms with van der Waals surface area (Å²) in [7, 11) is 0. The van der Waals surface area contributed by atoms with E-state index in [0.29, 0.717) is 33.8 Å². The van der Waals surface area contributed by atoms with E-state index in [9.17, 15) is 14.4 Å². The molecule has 1 amide bonds. The van der Waals surface area contributed by atoms with Crippen molar-refractivity contribution in [3.8, 4) is 5.75 Å². The molecule has 0 aliphatic carbocycles. The average molecular weight is 429 g/mol. The molecule has 0 saturated carbocycles. The van der Waals surface area contributed by atoms with E-state index in [1.54, 1.807) is 13.8 Å². The lowest BCUT2D eigenvalue weighted by Gasteiger charge is -2.09. The average Bonchev–Trinajstić information content (AvgIpc) is 3.05. The molecule has 0 aliphatic rings. The zero-order valence-electron chi connectivity index (χ0n) is 17.1.